The Hall–Kier alpha value is -2.10. The van der Waals surface area contributed by atoms with E-state index in [1.165, 1.54) is 5.56 Å². The van der Waals surface area contributed by atoms with Gasteiger partial charge in [0.2, 0.25) is 0 Å². The highest BCUT2D eigenvalue weighted by Crippen LogP contribution is 2.24. The number of aromatic nitrogens is 2. The lowest BCUT2D eigenvalue weighted by molar-refractivity contribution is 0.911. The molecule has 4 heteroatoms. The molecular weight excluding hydrogens is 260 g/mol. The van der Waals surface area contributed by atoms with E-state index in [2.05, 4.69) is 65.6 Å². The molecule has 1 heterocycles. The molecule has 0 amide bonds. The lowest BCUT2D eigenvalue weighted by atomic mass is 10.2. The molecule has 1 aromatic heterocycles. The van der Waals surface area contributed by atoms with Crippen molar-refractivity contribution in [2.75, 3.05) is 17.2 Å². The first-order chi connectivity index (χ1) is 10.1. The Morgan fingerprint density at radius 2 is 1.62 bits per heavy atom. The number of benzene rings is 1. The van der Waals surface area contributed by atoms with Crippen molar-refractivity contribution in [3.8, 4) is 0 Å². The van der Waals surface area contributed by atoms with Crippen molar-refractivity contribution in [1.29, 1.82) is 0 Å². The monoisotopic (exact) mass is 284 g/mol. The Kier molecular flexibility index (Phi) is 5.14. The lowest BCUT2D eigenvalue weighted by Crippen LogP contribution is -2.10. The Balaban J connectivity index is 2.30. The van der Waals surface area contributed by atoms with Gasteiger partial charge in [0.15, 0.2) is 0 Å². The lowest BCUT2D eigenvalue weighted by Gasteiger charge is -2.14. The predicted molar refractivity (Wildman–Crippen MR) is 89.4 cm³/mol. The van der Waals surface area contributed by atoms with E-state index in [-0.39, 0.29) is 0 Å². The van der Waals surface area contributed by atoms with Gasteiger partial charge in [-0.25, -0.2) is 9.97 Å². The van der Waals surface area contributed by atoms with Crippen LogP contribution in [0.25, 0.3) is 0 Å². The maximum absolute atomic E-state index is 4.61. The summed E-state index contributed by atoms with van der Waals surface area (Å²) in [6.07, 6.45) is 1.90. The summed E-state index contributed by atoms with van der Waals surface area (Å²) in [5, 5.41) is 6.78. The Bertz CT molecular complexity index is 590. The van der Waals surface area contributed by atoms with E-state index in [4.69, 9.17) is 0 Å². The third-order valence-electron chi connectivity index (χ3n) is 3.37. The van der Waals surface area contributed by atoms with E-state index in [0.29, 0.717) is 0 Å². The van der Waals surface area contributed by atoms with Gasteiger partial charge in [-0.1, -0.05) is 31.5 Å². The minimum absolute atomic E-state index is 0.823. The molecule has 112 valence electrons. The average Bonchev–Trinajstić information content (AvgIpc) is 2.50. The van der Waals surface area contributed by atoms with E-state index in [1.54, 1.807) is 0 Å². The number of rotatable bonds is 6. The fourth-order valence-corrected chi connectivity index (χ4v) is 2.03. The van der Waals surface area contributed by atoms with Crippen LogP contribution in [0, 0.1) is 13.8 Å². The second-order valence-corrected chi connectivity index (χ2v) is 5.23. The van der Waals surface area contributed by atoms with Crippen LogP contribution in [0.1, 0.15) is 37.2 Å². The number of hydrogen-bond donors (Lipinski definition) is 2. The maximum Gasteiger partial charge on any atom is 0.139 e. The van der Waals surface area contributed by atoms with Gasteiger partial charge in [-0.15, -0.1) is 0 Å². The Labute approximate surface area is 127 Å². The van der Waals surface area contributed by atoms with E-state index in [9.17, 15) is 0 Å². The van der Waals surface area contributed by atoms with Crippen LogP contribution in [0.3, 0.4) is 0 Å². The zero-order valence-electron chi connectivity index (χ0n) is 13.3. The molecule has 0 saturated carbocycles. The molecule has 0 aliphatic carbocycles. The second-order valence-electron chi connectivity index (χ2n) is 5.23. The molecule has 2 N–H and O–H groups in total. The molecule has 0 unspecified atom stereocenters. The van der Waals surface area contributed by atoms with Gasteiger partial charge in [-0.05, 0) is 32.4 Å². The van der Waals surface area contributed by atoms with Crippen LogP contribution >= 0.6 is 0 Å². The molecule has 0 saturated heterocycles. The zero-order chi connectivity index (χ0) is 15.2. The van der Waals surface area contributed by atoms with Crippen molar-refractivity contribution in [3.63, 3.8) is 0 Å². The molecule has 0 fully saturated rings. The van der Waals surface area contributed by atoms with Gasteiger partial charge in [-0.2, -0.15) is 0 Å². The fourth-order valence-electron chi connectivity index (χ4n) is 2.03. The largest absolute Gasteiger partial charge is 0.370 e. The van der Waals surface area contributed by atoms with Crippen LogP contribution in [-0.4, -0.2) is 16.5 Å². The average molecular weight is 284 g/mol. The van der Waals surface area contributed by atoms with E-state index in [0.717, 1.165) is 48.1 Å². The van der Waals surface area contributed by atoms with Crippen LogP contribution in [0.5, 0.6) is 0 Å². The second kappa shape index (κ2) is 7.07. The summed E-state index contributed by atoms with van der Waals surface area (Å²) in [7, 11) is 0. The van der Waals surface area contributed by atoms with Crippen LogP contribution in [0.4, 0.5) is 17.3 Å². The first-order valence-corrected chi connectivity index (χ1v) is 7.59. The highest BCUT2D eigenvalue weighted by atomic mass is 15.1. The topological polar surface area (TPSA) is 49.8 Å². The summed E-state index contributed by atoms with van der Waals surface area (Å²) in [4.78, 5) is 9.20. The van der Waals surface area contributed by atoms with Gasteiger partial charge in [-0.3, -0.25) is 0 Å². The SMILES string of the molecule is CCCNc1nc(CC)nc(Nc2ccc(C)cc2)c1C. The van der Waals surface area contributed by atoms with Gasteiger partial charge in [0.25, 0.3) is 0 Å². The summed E-state index contributed by atoms with van der Waals surface area (Å²) in [5.74, 6) is 2.66. The van der Waals surface area contributed by atoms with Crippen LogP contribution in [-0.2, 0) is 6.42 Å². The highest BCUT2D eigenvalue weighted by Gasteiger charge is 2.10. The number of aryl methyl sites for hydroxylation is 2. The Morgan fingerprint density at radius 1 is 0.952 bits per heavy atom. The minimum atomic E-state index is 0.823. The molecule has 21 heavy (non-hydrogen) atoms. The summed E-state index contributed by atoms with van der Waals surface area (Å²) < 4.78 is 0. The molecule has 2 rings (SSSR count). The van der Waals surface area contributed by atoms with Crippen molar-refractivity contribution in [2.45, 2.75) is 40.5 Å². The van der Waals surface area contributed by atoms with Crippen molar-refractivity contribution in [1.82, 2.24) is 9.97 Å². The number of anilines is 3. The molecule has 0 atom stereocenters. The summed E-state index contributed by atoms with van der Waals surface area (Å²) in [6, 6.07) is 8.33. The summed E-state index contributed by atoms with van der Waals surface area (Å²) in [6.45, 7) is 9.28. The number of hydrogen-bond acceptors (Lipinski definition) is 4. The zero-order valence-corrected chi connectivity index (χ0v) is 13.3. The smallest absolute Gasteiger partial charge is 0.139 e. The third kappa shape index (κ3) is 3.94. The molecule has 0 spiro atoms. The van der Waals surface area contributed by atoms with Crippen molar-refractivity contribution >= 4 is 17.3 Å². The van der Waals surface area contributed by atoms with Crippen LogP contribution < -0.4 is 10.6 Å². The van der Waals surface area contributed by atoms with Gasteiger partial charge in [0.1, 0.15) is 17.5 Å². The van der Waals surface area contributed by atoms with Crippen molar-refractivity contribution < 1.29 is 0 Å². The maximum atomic E-state index is 4.61. The fraction of sp³-hybridized carbons (Fsp3) is 0.412. The first-order valence-electron chi connectivity index (χ1n) is 7.59. The highest BCUT2D eigenvalue weighted by molar-refractivity contribution is 5.64. The standard InChI is InChI=1S/C17H24N4/c1-5-11-18-16-13(4)17(21-15(6-2)20-16)19-14-9-7-12(3)8-10-14/h7-10H,5-6,11H2,1-4H3,(H2,18,19,20,21). The Morgan fingerprint density at radius 3 is 2.24 bits per heavy atom. The molecule has 0 bridgehead atoms. The minimum Gasteiger partial charge on any atom is -0.370 e. The summed E-state index contributed by atoms with van der Waals surface area (Å²) in [5.41, 5.74) is 3.35. The number of nitrogens with one attached hydrogen (secondary N) is 2. The van der Waals surface area contributed by atoms with E-state index >= 15 is 0 Å². The van der Waals surface area contributed by atoms with Crippen molar-refractivity contribution in [2.24, 2.45) is 0 Å². The first kappa shape index (κ1) is 15.3. The molecule has 2 aromatic rings. The molecule has 1 aromatic carbocycles. The van der Waals surface area contributed by atoms with Crippen LogP contribution in [0.2, 0.25) is 0 Å². The van der Waals surface area contributed by atoms with Gasteiger partial charge >= 0.3 is 0 Å². The summed E-state index contributed by atoms with van der Waals surface area (Å²) >= 11 is 0. The van der Waals surface area contributed by atoms with Gasteiger partial charge < -0.3 is 10.6 Å². The quantitative estimate of drug-likeness (QED) is 0.833. The van der Waals surface area contributed by atoms with Gasteiger partial charge in [0.05, 0.1) is 0 Å². The normalized spacial score (nSPS) is 10.5. The molecular formula is C17H24N4. The van der Waals surface area contributed by atoms with E-state index < -0.39 is 0 Å². The third-order valence-corrected chi connectivity index (χ3v) is 3.37. The molecule has 0 radical (unpaired) electrons. The van der Waals surface area contributed by atoms with Gasteiger partial charge in [0, 0.05) is 24.2 Å². The van der Waals surface area contributed by atoms with Crippen molar-refractivity contribution in [3.05, 3.63) is 41.2 Å². The molecule has 0 aliphatic heterocycles. The predicted octanol–water partition coefficient (Wildman–Crippen LogP) is 4.22. The molecule has 4 nitrogen and oxygen atoms in total. The van der Waals surface area contributed by atoms with E-state index in [1.807, 2.05) is 6.92 Å². The molecule has 0 aliphatic rings. The number of nitrogens with zero attached hydrogens (tertiary/aromatic N) is 2. The van der Waals surface area contributed by atoms with Crippen LogP contribution in [0.15, 0.2) is 24.3 Å².